The summed E-state index contributed by atoms with van der Waals surface area (Å²) in [6.45, 7) is 6.33. The van der Waals surface area contributed by atoms with Crippen LogP contribution in [0.2, 0.25) is 0 Å². The number of rotatable bonds is 7. The standard InChI is InChI=1S/C17H32N4O.HI/c1-5-7-10-13-19-16(18-6-2)20-14-17(11-8-9-12-17)15(22)21(3)4;/h5,7H,6,8-14H2,1-4H3,(H2,18,19,20);1H/b7-5+;. The fourth-order valence-electron chi connectivity index (χ4n) is 2.98. The second kappa shape index (κ2) is 11.7. The molecule has 0 atom stereocenters. The number of hydrogen-bond acceptors (Lipinski definition) is 2. The largest absolute Gasteiger partial charge is 0.357 e. The van der Waals surface area contributed by atoms with Crippen LogP contribution in [0, 0.1) is 5.41 Å². The Kier molecular flexibility index (Phi) is 11.3. The first-order valence-electron chi connectivity index (χ1n) is 8.41. The van der Waals surface area contributed by atoms with Crippen LogP contribution in [0.5, 0.6) is 0 Å². The molecule has 0 bridgehead atoms. The molecule has 0 aliphatic heterocycles. The Morgan fingerprint density at radius 3 is 2.43 bits per heavy atom. The summed E-state index contributed by atoms with van der Waals surface area (Å²) < 4.78 is 0. The molecule has 1 amide bonds. The van der Waals surface area contributed by atoms with E-state index in [-0.39, 0.29) is 35.3 Å². The molecule has 1 fully saturated rings. The van der Waals surface area contributed by atoms with Crippen molar-refractivity contribution in [1.29, 1.82) is 0 Å². The summed E-state index contributed by atoms with van der Waals surface area (Å²) in [5.41, 5.74) is -0.296. The summed E-state index contributed by atoms with van der Waals surface area (Å²) in [7, 11) is 3.68. The highest BCUT2D eigenvalue weighted by Crippen LogP contribution is 2.39. The third-order valence-electron chi connectivity index (χ3n) is 4.14. The number of halogens is 1. The van der Waals surface area contributed by atoms with Gasteiger partial charge in [0.15, 0.2) is 5.96 Å². The zero-order valence-corrected chi connectivity index (χ0v) is 17.4. The Morgan fingerprint density at radius 1 is 1.26 bits per heavy atom. The maximum atomic E-state index is 12.5. The quantitative estimate of drug-likeness (QED) is 0.212. The van der Waals surface area contributed by atoms with Gasteiger partial charge in [0.05, 0.1) is 12.0 Å². The van der Waals surface area contributed by atoms with Crippen LogP contribution in [0.25, 0.3) is 0 Å². The molecule has 5 nitrogen and oxygen atoms in total. The lowest BCUT2D eigenvalue weighted by Crippen LogP contribution is -2.43. The van der Waals surface area contributed by atoms with Gasteiger partial charge in [0, 0.05) is 27.2 Å². The lowest BCUT2D eigenvalue weighted by Gasteiger charge is -2.29. The Balaban J connectivity index is 0.00000484. The third-order valence-corrected chi connectivity index (χ3v) is 4.14. The molecule has 0 saturated heterocycles. The lowest BCUT2D eigenvalue weighted by atomic mass is 9.85. The van der Waals surface area contributed by atoms with Gasteiger partial charge in [-0.25, -0.2) is 0 Å². The van der Waals surface area contributed by atoms with E-state index in [1.54, 1.807) is 4.90 Å². The number of carbonyl (C=O) groups is 1. The van der Waals surface area contributed by atoms with E-state index in [1.807, 2.05) is 21.0 Å². The second-order valence-electron chi connectivity index (χ2n) is 6.17. The highest BCUT2D eigenvalue weighted by molar-refractivity contribution is 14.0. The van der Waals surface area contributed by atoms with Crippen molar-refractivity contribution in [3.63, 3.8) is 0 Å². The van der Waals surface area contributed by atoms with Crippen molar-refractivity contribution in [2.45, 2.75) is 46.0 Å². The van der Waals surface area contributed by atoms with Gasteiger partial charge in [-0.15, -0.1) is 24.0 Å². The van der Waals surface area contributed by atoms with Crippen LogP contribution >= 0.6 is 24.0 Å². The minimum atomic E-state index is -0.296. The average Bonchev–Trinajstić information content (AvgIpc) is 2.98. The molecule has 6 heteroatoms. The van der Waals surface area contributed by atoms with E-state index in [0.29, 0.717) is 6.54 Å². The minimum absolute atomic E-state index is 0. The van der Waals surface area contributed by atoms with Gasteiger partial charge in [-0.1, -0.05) is 25.0 Å². The second-order valence-corrected chi connectivity index (χ2v) is 6.17. The summed E-state index contributed by atoms with van der Waals surface area (Å²) in [5.74, 6) is 1.03. The summed E-state index contributed by atoms with van der Waals surface area (Å²) >= 11 is 0. The molecule has 0 aromatic rings. The van der Waals surface area contributed by atoms with Crippen molar-refractivity contribution in [3.8, 4) is 0 Å². The molecular weight excluding hydrogens is 403 g/mol. The molecule has 0 radical (unpaired) electrons. The first-order chi connectivity index (χ1) is 10.6. The van der Waals surface area contributed by atoms with E-state index in [9.17, 15) is 4.79 Å². The van der Waals surface area contributed by atoms with Gasteiger partial charge < -0.3 is 15.5 Å². The minimum Gasteiger partial charge on any atom is -0.357 e. The van der Waals surface area contributed by atoms with Gasteiger partial charge >= 0.3 is 0 Å². The molecule has 1 saturated carbocycles. The molecule has 0 unspecified atom stereocenters. The van der Waals surface area contributed by atoms with Crippen LogP contribution in [-0.4, -0.2) is 50.5 Å². The van der Waals surface area contributed by atoms with Gasteiger partial charge in [0.2, 0.25) is 5.91 Å². The molecule has 1 aliphatic carbocycles. The number of nitrogens with zero attached hydrogens (tertiary/aromatic N) is 2. The molecular formula is C17H33IN4O. The molecule has 0 spiro atoms. The molecule has 1 aliphatic rings. The first-order valence-corrected chi connectivity index (χ1v) is 8.41. The van der Waals surface area contributed by atoms with Crippen molar-refractivity contribution >= 4 is 35.8 Å². The Labute approximate surface area is 158 Å². The van der Waals surface area contributed by atoms with E-state index < -0.39 is 0 Å². The molecule has 23 heavy (non-hydrogen) atoms. The van der Waals surface area contributed by atoms with Crippen molar-refractivity contribution in [3.05, 3.63) is 12.2 Å². The smallest absolute Gasteiger partial charge is 0.230 e. The Hall–Kier alpha value is -0.790. The number of aliphatic imine (C=N–C) groups is 1. The average molecular weight is 436 g/mol. The van der Waals surface area contributed by atoms with Crippen LogP contribution in [0.3, 0.4) is 0 Å². The predicted octanol–water partition coefficient (Wildman–Crippen LogP) is 2.77. The molecule has 1 rings (SSSR count). The van der Waals surface area contributed by atoms with E-state index >= 15 is 0 Å². The molecule has 0 heterocycles. The van der Waals surface area contributed by atoms with Crippen molar-refractivity contribution < 1.29 is 4.79 Å². The topological polar surface area (TPSA) is 56.7 Å². The normalized spacial score (nSPS) is 17.0. The zero-order chi connectivity index (χ0) is 16.4. The molecule has 0 aromatic carbocycles. The third kappa shape index (κ3) is 7.10. The van der Waals surface area contributed by atoms with Gasteiger partial charge in [-0.3, -0.25) is 9.79 Å². The first kappa shape index (κ1) is 22.2. The maximum Gasteiger partial charge on any atom is 0.230 e. The van der Waals surface area contributed by atoms with Crippen LogP contribution in [0.1, 0.15) is 46.0 Å². The number of allylic oxidation sites excluding steroid dienone is 1. The maximum absolute atomic E-state index is 12.5. The van der Waals surface area contributed by atoms with Gasteiger partial charge in [0.1, 0.15) is 0 Å². The van der Waals surface area contributed by atoms with E-state index in [2.05, 4.69) is 29.7 Å². The van der Waals surface area contributed by atoms with E-state index in [1.165, 1.54) is 0 Å². The summed E-state index contributed by atoms with van der Waals surface area (Å²) in [6, 6.07) is 0. The van der Waals surface area contributed by atoms with Crippen LogP contribution in [0.15, 0.2) is 17.1 Å². The zero-order valence-electron chi connectivity index (χ0n) is 15.0. The monoisotopic (exact) mass is 436 g/mol. The lowest BCUT2D eigenvalue weighted by molar-refractivity contribution is -0.138. The number of amides is 1. The van der Waals surface area contributed by atoms with Crippen molar-refractivity contribution in [2.24, 2.45) is 10.4 Å². The summed E-state index contributed by atoms with van der Waals surface area (Å²) in [6.07, 6.45) is 9.31. The van der Waals surface area contributed by atoms with Crippen molar-refractivity contribution in [2.75, 3.05) is 33.7 Å². The number of guanidine groups is 1. The Bertz CT molecular complexity index is 401. The number of carbonyl (C=O) groups excluding carboxylic acids is 1. The van der Waals surface area contributed by atoms with Crippen LogP contribution in [-0.2, 0) is 4.79 Å². The van der Waals surface area contributed by atoms with Gasteiger partial charge in [-0.05, 0) is 33.1 Å². The summed E-state index contributed by atoms with van der Waals surface area (Å²) in [5, 5.41) is 6.59. The number of nitrogens with one attached hydrogen (secondary N) is 2. The predicted molar refractivity (Wildman–Crippen MR) is 108 cm³/mol. The van der Waals surface area contributed by atoms with E-state index in [0.717, 1.165) is 51.2 Å². The summed E-state index contributed by atoms with van der Waals surface area (Å²) in [4.78, 5) is 19.0. The van der Waals surface area contributed by atoms with Crippen LogP contribution in [0.4, 0.5) is 0 Å². The molecule has 134 valence electrons. The fraction of sp³-hybridized carbons (Fsp3) is 0.765. The fourth-order valence-corrected chi connectivity index (χ4v) is 2.98. The van der Waals surface area contributed by atoms with Crippen LogP contribution < -0.4 is 10.6 Å². The van der Waals surface area contributed by atoms with Gasteiger partial charge in [-0.2, -0.15) is 0 Å². The SMILES string of the molecule is C/C=C/CCNC(=NCC1(C(=O)N(C)C)CCCC1)NCC.I. The highest BCUT2D eigenvalue weighted by atomic mass is 127. The molecule has 2 N–H and O–H groups in total. The number of hydrogen-bond donors (Lipinski definition) is 2. The molecule has 0 aromatic heterocycles. The Morgan fingerprint density at radius 2 is 1.91 bits per heavy atom. The van der Waals surface area contributed by atoms with E-state index in [4.69, 9.17) is 4.99 Å². The highest BCUT2D eigenvalue weighted by Gasteiger charge is 2.41. The van der Waals surface area contributed by atoms with Gasteiger partial charge in [0.25, 0.3) is 0 Å². The van der Waals surface area contributed by atoms with Crippen molar-refractivity contribution in [1.82, 2.24) is 15.5 Å².